The molecule has 2 aliphatic rings. The molecule has 0 radical (unpaired) electrons. The molecule has 1 fully saturated rings. The van der Waals surface area contributed by atoms with E-state index in [1.807, 2.05) is 11.1 Å². The Labute approximate surface area is 124 Å². The minimum Gasteiger partial charge on any atom is -0.332 e. The molecular formula is C17H19N3O. The normalized spacial score (nSPS) is 23.2. The summed E-state index contributed by atoms with van der Waals surface area (Å²) >= 11 is 0. The fourth-order valence-corrected chi connectivity index (χ4v) is 3.29. The minimum atomic E-state index is 0.170. The molecule has 108 valence electrons. The summed E-state index contributed by atoms with van der Waals surface area (Å²) in [7, 11) is 0. The van der Waals surface area contributed by atoms with E-state index in [-0.39, 0.29) is 5.92 Å². The van der Waals surface area contributed by atoms with Crippen molar-refractivity contribution in [2.75, 3.05) is 0 Å². The molecule has 1 aromatic heterocycles. The number of benzene rings is 1. The van der Waals surface area contributed by atoms with E-state index in [1.54, 1.807) is 0 Å². The predicted octanol–water partition coefficient (Wildman–Crippen LogP) is 2.67. The second-order valence-electron chi connectivity index (χ2n) is 6.36. The molecule has 4 rings (SSSR count). The summed E-state index contributed by atoms with van der Waals surface area (Å²) in [6, 6.07) is 6.58. The summed E-state index contributed by atoms with van der Waals surface area (Å²) < 4.78 is 0. The van der Waals surface area contributed by atoms with Crippen LogP contribution >= 0.6 is 0 Å². The van der Waals surface area contributed by atoms with Crippen LogP contribution in [-0.4, -0.2) is 21.0 Å². The van der Waals surface area contributed by atoms with Crippen LogP contribution in [0.1, 0.15) is 40.3 Å². The number of hydrogen-bond donors (Lipinski definition) is 1. The van der Waals surface area contributed by atoms with Crippen molar-refractivity contribution in [2.45, 2.75) is 39.3 Å². The van der Waals surface area contributed by atoms with Gasteiger partial charge in [0, 0.05) is 18.0 Å². The van der Waals surface area contributed by atoms with Gasteiger partial charge in [0.25, 0.3) is 0 Å². The Morgan fingerprint density at radius 3 is 2.90 bits per heavy atom. The van der Waals surface area contributed by atoms with E-state index in [0.29, 0.717) is 24.9 Å². The van der Waals surface area contributed by atoms with Gasteiger partial charge >= 0.3 is 0 Å². The molecule has 4 nitrogen and oxygen atoms in total. The van der Waals surface area contributed by atoms with Crippen molar-refractivity contribution in [3.8, 4) is 0 Å². The zero-order valence-electron chi connectivity index (χ0n) is 12.4. The molecule has 0 spiro atoms. The van der Waals surface area contributed by atoms with E-state index in [0.717, 1.165) is 17.7 Å². The number of rotatable bonds is 2. The fourth-order valence-electron chi connectivity index (χ4n) is 3.29. The van der Waals surface area contributed by atoms with Crippen LogP contribution in [0.3, 0.4) is 0 Å². The Balaban J connectivity index is 1.46. The Morgan fingerprint density at radius 2 is 2.14 bits per heavy atom. The van der Waals surface area contributed by atoms with E-state index < -0.39 is 0 Å². The number of fused-ring (bicyclic) bond motifs is 1. The van der Waals surface area contributed by atoms with Gasteiger partial charge in [0.2, 0.25) is 5.91 Å². The average Bonchev–Trinajstić information content (AvgIpc) is 2.96. The number of aromatic amines is 1. The van der Waals surface area contributed by atoms with Crippen molar-refractivity contribution in [3.05, 3.63) is 52.3 Å². The number of carbonyl (C=O) groups excluding carboxylic acids is 1. The first kappa shape index (κ1) is 12.6. The molecule has 1 saturated carbocycles. The Kier molecular flexibility index (Phi) is 2.67. The first-order chi connectivity index (χ1) is 10.1. The number of amides is 1. The molecule has 1 aromatic carbocycles. The first-order valence-corrected chi connectivity index (χ1v) is 7.50. The summed E-state index contributed by atoms with van der Waals surface area (Å²) in [6.07, 6.45) is 2.82. The highest BCUT2D eigenvalue weighted by Crippen LogP contribution is 2.49. The van der Waals surface area contributed by atoms with Crippen molar-refractivity contribution in [1.29, 1.82) is 0 Å². The van der Waals surface area contributed by atoms with Gasteiger partial charge in [-0.3, -0.25) is 9.89 Å². The third-order valence-corrected chi connectivity index (χ3v) is 4.90. The number of nitrogens with one attached hydrogen (secondary N) is 1. The van der Waals surface area contributed by atoms with Gasteiger partial charge in [0.05, 0.1) is 18.4 Å². The SMILES string of the molecule is Cc1ccc([C@@H]2C[C@H]2C(=O)N2Cc3cn[nH]c3C2)cc1C. The minimum absolute atomic E-state index is 0.170. The zero-order valence-corrected chi connectivity index (χ0v) is 12.4. The second kappa shape index (κ2) is 4.45. The van der Waals surface area contributed by atoms with Crippen LogP contribution in [-0.2, 0) is 17.9 Å². The lowest BCUT2D eigenvalue weighted by molar-refractivity contribution is -0.133. The smallest absolute Gasteiger partial charge is 0.226 e. The van der Waals surface area contributed by atoms with Crippen LogP contribution in [0.2, 0.25) is 0 Å². The quantitative estimate of drug-likeness (QED) is 0.920. The summed E-state index contributed by atoms with van der Waals surface area (Å²) in [6.45, 7) is 5.66. The monoisotopic (exact) mass is 281 g/mol. The molecule has 4 heteroatoms. The molecule has 0 unspecified atom stereocenters. The third-order valence-electron chi connectivity index (χ3n) is 4.90. The maximum atomic E-state index is 12.6. The molecule has 0 saturated heterocycles. The standard InChI is InChI=1S/C17H19N3O/c1-10-3-4-12(5-11(10)2)14-6-15(14)17(21)20-8-13-7-18-19-16(13)9-20/h3-5,7,14-15H,6,8-9H2,1-2H3,(H,18,19)/t14-,15+/m0/s1. The molecule has 21 heavy (non-hydrogen) atoms. The number of H-pyrrole nitrogens is 1. The summed E-state index contributed by atoms with van der Waals surface area (Å²) in [5.74, 6) is 0.876. The Morgan fingerprint density at radius 1 is 1.29 bits per heavy atom. The van der Waals surface area contributed by atoms with E-state index in [2.05, 4.69) is 42.2 Å². The largest absolute Gasteiger partial charge is 0.332 e. The highest BCUT2D eigenvalue weighted by Gasteiger charge is 2.46. The van der Waals surface area contributed by atoms with Crippen molar-refractivity contribution in [2.24, 2.45) is 5.92 Å². The maximum absolute atomic E-state index is 12.6. The summed E-state index contributed by atoms with van der Waals surface area (Å²) in [5.41, 5.74) is 6.19. The van der Waals surface area contributed by atoms with E-state index >= 15 is 0 Å². The van der Waals surface area contributed by atoms with Crippen LogP contribution in [0.25, 0.3) is 0 Å². The molecule has 1 aliphatic carbocycles. The van der Waals surface area contributed by atoms with Gasteiger partial charge in [0.15, 0.2) is 0 Å². The maximum Gasteiger partial charge on any atom is 0.226 e. The van der Waals surface area contributed by atoms with E-state index in [9.17, 15) is 4.79 Å². The lowest BCUT2D eigenvalue weighted by Gasteiger charge is -2.15. The summed E-state index contributed by atoms with van der Waals surface area (Å²) in [5, 5.41) is 6.99. The van der Waals surface area contributed by atoms with Crippen LogP contribution in [0.5, 0.6) is 0 Å². The highest BCUT2D eigenvalue weighted by atomic mass is 16.2. The molecule has 2 heterocycles. The topological polar surface area (TPSA) is 49.0 Å². The Hall–Kier alpha value is -2.10. The fraction of sp³-hybridized carbons (Fsp3) is 0.412. The lowest BCUT2D eigenvalue weighted by Crippen LogP contribution is -2.27. The first-order valence-electron chi connectivity index (χ1n) is 7.50. The Bertz CT molecular complexity index is 698. The molecule has 1 N–H and O–H groups in total. The van der Waals surface area contributed by atoms with Gasteiger partial charge in [-0.2, -0.15) is 5.10 Å². The van der Waals surface area contributed by atoms with Crippen LogP contribution in [0.4, 0.5) is 0 Å². The molecule has 1 aliphatic heterocycles. The highest BCUT2D eigenvalue weighted by molar-refractivity contribution is 5.83. The third kappa shape index (κ3) is 2.06. The molecule has 2 atom stereocenters. The number of aryl methyl sites for hydroxylation is 2. The summed E-state index contributed by atoms with van der Waals surface area (Å²) in [4.78, 5) is 14.6. The van der Waals surface area contributed by atoms with Gasteiger partial charge in [-0.25, -0.2) is 0 Å². The number of aromatic nitrogens is 2. The second-order valence-corrected chi connectivity index (χ2v) is 6.36. The van der Waals surface area contributed by atoms with Gasteiger partial charge in [-0.15, -0.1) is 0 Å². The van der Waals surface area contributed by atoms with Crippen molar-refractivity contribution in [3.63, 3.8) is 0 Å². The molecule has 0 bridgehead atoms. The average molecular weight is 281 g/mol. The van der Waals surface area contributed by atoms with Gasteiger partial charge < -0.3 is 4.90 Å². The van der Waals surface area contributed by atoms with Crippen LogP contribution in [0, 0.1) is 19.8 Å². The van der Waals surface area contributed by atoms with Crippen molar-refractivity contribution >= 4 is 5.91 Å². The lowest BCUT2D eigenvalue weighted by atomic mass is 10.0. The number of nitrogens with zero attached hydrogens (tertiary/aromatic N) is 2. The zero-order chi connectivity index (χ0) is 14.6. The van der Waals surface area contributed by atoms with Crippen LogP contribution in [0.15, 0.2) is 24.4 Å². The van der Waals surface area contributed by atoms with Crippen LogP contribution < -0.4 is 0 Å². The molecular weight excluding hydrogens is 262 g/mol. The van der Waals surface area contributed by atoms with Gasteiger partial charge in [-0.1, -0.05) is 18.2 Å². The molecule has 2 aromatic rings. The van der Waals surface area contributed by atoms with Gasteiger partial charge in [-0.05, 0) is 42.9 Å². The number of carbonyl (C=O) groups is 1. The predicted molar refractivity (Wildman–Crippen MR) is 79.6 cm³/mol. The van der Waals surface area contributed by atoms with E-state index in [1.165, 1.54) is 16.7 Å². The van der Waals surface area contributed by atoms with Crippen molar-refractivity contribution < 1.29 is 4.79 Å². The molecule has 1 amide bonds. The van der Waals surface area contributed by atoms with E-state index in [4.69, 9.17) is 0 Å². The van der Waals surface area contributed by atoms with Crippen molar-refractivity contribution in [1.82, 2.24) is 15.1 Å². The number of hydrogen-bond acceptors (Lipinski definition) is 2. The van der Waals surface area contributed by atoms with Gasteiger partial charge in [0.1, 0.15) is 0 Å².